The van der Waals surface area contributed by atoms with Gasteiger partial charge in [0, 0.05) is 12.6 Å². The number of para-hydroxylation sites is 1. The number of anilines is 1. The molecule has 3 rings (SSSR count). The first-order valence-corrected chi connectivity index (χ1v) is 7.72. The van der Waals surface area contributed by atoms with Crippen molar-refractivity contribution in [1.82, 2.24) is 10.3 Å². The van der Waals surface area contributed by atoms with Gasteiger partial charge in [0.25, 0.3) is 5.91 Å². The molecule has 0 spiro atoms. The second-order valence-corrected chi connectivity index (χ2v) is 6.44. The lowest BCUT2D eigenvalue weighted by Crippen LogP contribution is -2.17. The number of carbonyl (C=O) groups is 1. The smallest absolute Gasteiger partial charge is 0.261 e. The van der Waals surface area contributed by atoms with Crippen LogP contribution < -0.4 is 11.1 Å². The zero-order chi connectivity index (χ0) is 14.3. The minimum absolute atomic E-state index is 0.105. The van der Waals surface area contributed by atoms with Gasteiger partial charge in [0.05, 0.1) is 20.1 Å². The molecule has 20 heavy (non-hydrogen) atoms. The lowest BCUT2D eigenvalue weighted by atomic mass is 10.1. The van der Waals surface area contributed by atoms with E-state index in [4.69, 9.17) is 5.73 Å². The van der Waals surface area contributed by atoms with Crippen molar-refractivity contribution in [3.05, 3.63) is 34.7 Å². The van der Waals surface area contributed by atoms with Gasteiger partial charge in [-0.1, -0.05) is 12.1 Å². The van der Waals surface area contributed by atoms with Crippen molar-refractivity contribution in [3.63, 3.8) is 0 Å². The summed E-state index contributed by atoms with van der Waals surface area (Å²) >= 11 is 2.91. The molecule has 102 valence electrons. The van der Waals surface area contributed by atoms with Crippen LogP contribution >= 0.6 is 22.7 Å². The monoisotopic (exact) mass is 303 g/mol. The van der Waals surface area contributed by atoms with Crippen molar-refractivity contribution in [3.8, 4) is 10.6 Å². The molecule has 0 atom stereocenters. The van der Waals surface area contributed by atoms with Gasteiger partial charge in [0.1, 0.15) is 5.01 Å². The molecule has 3 aromatic rings. The van der Waals surface area contributed by atoms with Crippen molar-refractivity contribution in [2.24, 2.45) is 0 Å². The zero-order valence-corrected chi connectivity index (χ0v) is 12.7. The van der Waals surface area contributed by atoms with Crippen molar-refractivity contribution in [2.45, 2.75) is 6.92 Å². The Balaban J connectivity index is 2.19. The normalized spacial score (nSPS) is 10.9. The average molecular weight is 303 g/mol. The molecular weight excluding hydrogens is 290 g/mol. The number of rotatable bonds is 2. The van der Waals surface area contributed by atoms with E-state index >= 15 is 0 Å². The van der Waals surface area contributed by atoms with Crippen molar-refractivity contribution in [2.75, 3.05) is 12.8 Å². The van der Waals surface area contributed by atoms with Crippen LogP contribution in [-0.2, 0) is 0 Å². The number of nitrogens with two attached hydrogens (primary N) is 1. The highest BCUT2D eigenvalue weighted by atomic mass is 32.1. The van der Waals surface area contributed by atoms with E-state index in [9.17, 15) is 4.79 Å². The second kappa shape index (κ2) is 4.88. The number of hydrogen-bond donors (Lipinski definition) is 2. The number of carbonyl (C=O) groups excluding carboxylic acids is 1. The largest absolute Gasteiger partial charge is 0.390 e. The van der Waals surface area contributed by atoms with Crippen LogP contribution in [-0.4, -0.2) is 17.9 Å². The number of thiophene rings is 1. The Morgan fingerprint density at radius 3 is 2.75 bits per heavy atom. The lowest BCUT2D eigenvalue weighted by molar-refractivity contribution is 0.0966. The maximum Gasteiger partial charge on any atom is 0.261 e. The van der Waals surface area contributed by atoms with Gasteiger partial charge < -0.3 is 11.1 Å². The summed E-state index contributed by atoms with van der Waals surface area (Å²) in [6.07, 6.45) is 0. The Hall–Kier alpha value is -1.92. The van der Waals surface area contributed by atoms with E-state index in [0.29, 0.717) is 9.88 Å². The molecule has 0 radical (unpaired) electrons. The maximum absolute atomic E-state index is 11.8. The number of nitrogen functional groups attached to an aromatic ring is 1. The van der Waals surface area contributed by atoms with Crippen molar-refractivity contribution < 1.29 is 4.79 Å². The molecule has 0 aliphatic rings. The highest BCUT2D eigenvalue weighted by Gasteiger charge is 2.21. The molecule has 6 heteroatoms. The molecule has 0 unspecified atom stereocenters. The predicted octanol–water partition coefficient (Wildman–Crippen LogP) is 3.28. The minimum Gasteiger partial charge on any atom is -0.390 e. The fourth-order valence-corrected chi connectivity index (χ4v) is 4.28. The third-order valence-corrected chi connectivity index (χ3v) is 5.29. The Morgan fingerprint density at radius 2 is 2.05 bits per heavy atom. The second-order valence-electron chi connectivity index (χ2n) is 4.36. The van der Waals surface area contributed by atoms with Crippen LogP contribution in [0.2, 0.25) is 0 Å². The summed E-state index contributed by atoms with van der Waals surface area (Å²) in [5, 5.41) is 4.15. The summed E-state index contributed by atoms with van der Waals surface area (Å²) in [4.78, 5) is 17.1. The summed E-state index contributed by atoms with van der Waals surface area (Å²) in [5.41, 5.74) is 8.83. The minimum atomic E-state index is -0.105. The molecule has 1 amide bonds. The first-order valence-electron chi connectivity index (χ1n) is 6.08. The Bertz CT molecular complexity index is 771. The van der Waals surface area contributed by atoms with Crippen LogP contribution in [0.25, 0.3) is 20.8 Å². The predicted molar refractivity (Wildman–Crippen MR) is 85.5 cm³/mol. The van der Waals surface area contributed by atoms with E-state index in [1.54, 1.807) is 18.4 Å². The first-order chi connectivity index (χ1) is 9.61. The third kappa shape index (κ3) is 1.97. The number of amides is 1. The number of aromatic nitrogens is 1. The molecule has 0 fully saturated rings. The molecule has 2 heterocycles. The quantitative estimate of drug-likeness (QED) is 0.763. The maximum atomic E-state index is 11.8. The van der Waals surface area contributed by atoms with Crippen LogP contribution in [0.4, 0.5) is 5.00 Å². The van der Waals surface area contributed by atoms with E-state index in [-0.39, 0.29) is 5.91 Å². The van der Waals surface area contributed by atoms with E-state index in [2.05, 4.69) is 10.3 Å². The molecule has 0 aliphatic carbocycles. The van der Waals surface area contributed by atoms with E-state index < -0.39 is 0 Å². The van der Waals surface area contributed by atoms with Crippen LogP contribution in [0.1, 0.15) is 15.2 Å². The number of nitrogens with one attached hydrogen (secondary N) is 1. The van der Waals surface area contributed by atoms with Crippen molar-refractivity contribution >= 4 is 43.8 Å². The van der Waals surface area contributed by atoms with Gasteiger partial charge in [-0.2, -0.15) is 0 Å². The standard InChI is InChI=1S/C14H13N3OS2/c1-7-10(12(15)20-11(7)13(18)16-2)14-17-8-5-3-4-6-9(8)19-14/h3-6H,15H2,1-2H3,(H,16,18). The average Bonchev–Trinajstić information content (AvgIpc) is 2.98. The van der Waals surface area contributed by atoms with Crippen molar-refractivity contribution in [1.29, 1.82) is 0 Å². The number of hydrogen-bond acceptors (Lipinski definition) is 5. The van der Waals surface area contributed by atoms with Gasteiger partial charge in [-0.15, -0.1) is 22.7 Å². The van der Waals surface area contributed by atoms with E-state index in [1.807, 2.05) is 31.2 Å². The van der Waals surface area contributed by atoms with Gasteiger partial charge in [0.2, 0.25) is 0 Å². The zero-order valence-electron chi connectivity index (χ0n) is 11.1. The lowest BCUT2D eigenvalue weighted by Gasteiger charge is -1.98. The molecule has 0 aliphatic heterocycles. The summed E-state index contributed by atoms with van der Waals surface area (Å²) in [6, 6.07) is 7.97. The van der Waals surface area contributed by atoms with Crippen LogP contribution in [0.3, 0.4) is 0 Å². The SMILES string of the molecule is CNC(=O)c1sc(N)c(-c2nc3ccccc3s2)c1C. The molecular formula is C14H13N3OS2. The summed E-state index contributed by atoms with van der Waals surface area (Å²) in [5.74, 6) is -0.105. The topological polar surface area (TPSA) is 68.0 Å². The number of nitrogens with zero attached hydrogens (tertiary/aromatic N) is 1. The van der Waals surface area contributed by atoms with Gasteiger partial charge in [-0.3, -0.25) is 4.79 Å². The molecule has 3 N–H and O–H groups in total. The molecule has 0 saturated heterocycles. The number of thiazole rings is 1. The highest BCUT2D eigenvalue weighted by molar-refractivity contribution is 7.23. The Kier molecular flexibility index (Phi) is 3.19. The van der Waals surface area contributed by atoms with Crippen LogP contribution in [0.5, 0.6) is 0 Å². The highest BCUT2D eigenvalue weighted by Crippen LogP contribution is 2.41. The van der Waals surface area contributed by atoms with Gasteiger partial charge >= 0.3 is 0 Å². The summed E-state index contributed by atoms with van der Waals surface area (Å²) in [6.45, 7) is 1.92. The Morgan fingerprint density at radius 1 is 1.30 bits per heavy atom. The van der Waals surface area contributed by atoms with Crippen LogP contribution in [0, 0.1) is 6.92 Å². The molecule has 2 aromatic heterocycles. The summed E-state index contributed by atoms with van der Waals surface area (Å²) < 4.78 is 1.12. The molecule has 0 saturated carbocycles. The summed E-state index contributed by atoms with van der Waals surface area (Å²) in [7, 11) is 1.62. The molecule has 1 aromatic carbocycles. The fourth-order valence-electron chi connectivity index (χ4n) is 2.11. The first kappa shape index (κ1) is 13.1. The number of fused-ring (bicyclic) bond motifs is 1. The molecule has 0 bridgehead atoms. The number of benzene rings is 1. The fraction of sp³-hybridized carbons (Fsp3) is 0.143. The van der Waals surface area contributed by atoms with E-state index in [0.717, 1.165) is 26.4 Å². The van der Waals surface area contributed by atoms with Gasteiger partial charge in [-0.25, -0.2) is 4.98 Å². The van der Waals surface area contributed by atoms with Gasteiger partial charge in [-0.05, 0) is 24.6 Å². The van der Waals surface area contributed by atoms with Crippen LogP contribution in [0.15, 0.2) is 24.3 Å². The molecule has 4 nitrogen and oxygen atoms in total. The third-order valence-electron chi connectivity index (χ3n) is 3.12. The van der Waals surface area contributed by atoms with Gasteiger partial charge in [0.15, 0.2) is 0 Å². The van der Waals surface area contributed by atoms with E-state index in [1.165, 1.54) is 11.3 Å². The Labute approximate surface area is 124 Å².